The van der Waals surface area contributed by atoms with Gasteiger partial charge in [0.1, 0.15) is 5.15 Å². The Morgan fingerprint density at radius 1 is 1.33 bits per heavy atom. The lowest BCUT2D eigenvalue weighted by Crippen LogP contribution is -2.43. The van der Waals surface area contributed by atoms with Gasteiger partial charge in [-0.3, -0.25) is 4.79 Å². The van der Waals surface area contributed by atoms with Crippen LogP contribution in [0.1, 0.15) is 12.6 Å². The summed E-state index contributed by atoms with van der Waals surface area (Å²) in [6, 6.07) is 1.77. The maximum absolute atomic E-state index is 11.7. The van der Waals surface area contributed by atoms with E-state index >= 15 is 0 Å². The molecular weight excluding hydrogens is 468 g/mol. The van der Waals surface area contributed by atoms with E-state index in [0.29, 0.717) is 42.4 Å². The third kappa shape index (κ3) is 7.91. The Kier molecular flexibility index (Phi) is 12.3. The number of hydrogen-bond donors (Lipinski definition) is 3. The van der Waals surface area contributed by atoms with Gasteiger partial charge < -0.3 is 25.3 Å². The zero-order chi connectivity index (χ0) is 17.2. The molecule has 0 spiro atoms. The summed E-state index contributed by atoms with van der Waals surface area (Å²) in [5.41, 5.74) is 0.877. The summed E-state index contributed by atoms with van der Waals surface area (Å²) in [4.78, 5) is 16.1. The van der Waals surface area contributed by atoms with Gasteiger partial charge in [-0.25, -0.2) is 4.99 Å². The third-order valence-electron chi connectivity index (χ3n) is 3.00. The molecule has 0 bridgehead atoms. The van der Waals surface area contributed by atoms with Crippen LogP contribution in [0, 0.1) is 0 Å². The number of ether oxygens (including phenoxy) is 1. The molecule has 0 aliphatic carbocycles. The lowest BCUT2D eigenvalue weighted by Gasteiger charge is -2.11. The molecule has 0 aliphatic heterocycles. The predicted molar refractivity (Wildman–Crippen MR) is 109 cm³/mol. The highest BCUT2D eigenvalue weighted by molar-refractivity contribution is 14.0. The van der Waals surface area contributed by atoms with Gasteiger partial charge in [-0.05, 0) is 13.0 Å². The molecule has 0 aromatic carbocycles. The number of guanidine groups is 1. The van der Waals surface area contributed by atoms with E-state index in [1.165, 1.54) is 0 Å². The Hall–Kier alpha value is -0.710. The van der Waals surface area contributed by atoms with Crippen molar-refractivity contribution in [2.45, 2.75) is 13.5 Å². The van der Waals surface area contributed by atoms with E-state index in [1.807, 2.05) is 14.0 Å². The van der Waals surface area contributed by atoms with E-state index in [4.69, 9.17) is 27.9 Å². The monoisotopic (exact) mass is 491 g/mol. The number of methoxy groups -OCH3 is 1. The van der Waals surface area contributed by atoms with Gasteiger partial charge in [0.2, 0.25) is 5.91 Å². The number of nitrogens with zero attached hydrogens (tertiary/aromatic N) is 2. The Morgan fingerprint density at radius 3 is 2.58 bits per heavy atom. The molecule has 0 unspecified atom stereocenters. The normalized spacial score (nSPS) is 11.0. The summed E-state index contributed by atoms with van der Waals surface area (Å²) in [5.74, 6) is 0.417. The van der Waals surface area contributed by atoms with Gasteiger partial charge in [-0.15, -0.1) is 24.0 Å². The number of carbonyl (C=O) groups excluding carboxylic acids is 1. The van der Waals surface area contributed by atoms with Gasteiger partial charge in [-0.2, -0.15) is 0 Å². The lowest BCUT2D eigenvalue weighted by molar-refractivity contribution is -0.120. The average molecular weight is 492 g/mol. The predicted octanol–water partition coefficient (Wildman–Crippen LogP) is 1.77. The number of nitrogens with one attached hydrogen (secondary N) is 3. The van der Waals surface area contributed by atoms with Crippen molar-refractivity contribution >= 4 is 59.0 Å². The molecule has 1 rings (SSSR count). The molecule has 0 radical (unpaired) electrons. The highest BCUT2D eigenvalue weighted by atomic mass is 127. The highest BCUT2D eigenvalue weighted by Gasteiger charge is 2.09. The summed E-state index contributed by atoms with van der Waals surface area (Å²) in [5, 5.41) is 9.75. The highest BCUT2D eigenvalue weighted by Crippen LogP contribution is 2.25. The Balaban J connectivity index is 0.00000529. The van der Waals surface area contributed by atoms with E-state index in [0.717, 1.165) is 5.69 Å². The Labute approximate surface area is 169 Å². The van der Waals surface area contributed by atoms with E-state index in [1.54, 1.807) is 17.7 Å². The zero-order valence-corrected chi connectivity index (χ0v) is 17.8. The fraction of sp³-hybridized carbons (Fsp3) is 0.571. The number of halogens is 3. The van der Waals surface area contributed by atoms with Gasteiger partial charge in [0.25, 0.3) is 0 Å². The molecule has 1 heterocycles. The minimum absolute atomic E-state index is 0. The molecule has 1 aromatic rings. The van der Waals surface area contributed by atoms with Crippen LogP contribution in [-0.4, -0.2) is 49.8 Å². The van der Waals surface area contributed by atoms with Crippen molar-refractivity contribution in [3.63, 3.8) is 0 Å². The molecule has 7 nitrogen and oxygen atoms in total. The maximum atomic E-state index is 11.7. The molecule has 3 N–H and O–H groups in total. The van der Waals surface area contributed by atoms with Crippen LogP contribution in [-0.2, 0) is 23.1 Å². The molecule has 0 saturated heterocycles. The van der Waals surface area contributed by atoms with Crippen LogP contribution in [0.3, 0.4) is 0 Å². The minimum atomic E-state index is -0.127. The summed E-state index contributed by atoms with van der Waals surface area (Å²) in [6.07, 6.45) is 0. The SMILES string of the molecule is CCNC(=NCc1cc(Cl)c(Cl)n1C)NCC(=O)NCCOC.I. The average Bonchev–Trinajstić information content (AvgIpc) is 2.77. The second-order valence-corrected chi connectivity index (χ2v) is 5.49. The number of rotatable bonds is 8. The largest absolute Gasteiger partial charge is 0.383 e. The molecular formula is C14H24Cl2IN5O2. The summed E-state index contributed by atoms with van der Waals surface area (Å²) >= 11 is 12.0. The van der Waals surface area contributed by atoms with Crippen molar-refractivity contribution in [2.24, 2.45) is 12.0 Å². The van der Waals surface area contributed by atoms with Gasteiger partial charge in [-0.1, -0.05) is 23.2 Å². The summed E-state index contributed by atoms with van der Waals surface area (Å²) in [6.45, 7) is 4.12. The summed E-state index contributed by atoms with van der Waals surface area (Å²) < 4.78 is 6.64. The fourth-order valence-corrected chi connectivity index (χ4v) is 2.18. The topological polar surface area (TPSA) is 79.7 Å². The first kappa shape index (κ1) is 23.3. The van der Waals surface area contributed by atoms with Crippen molar-refractivity contribution < 1.29 is 9.53 Å². The van der Waals surface area contributed by atoms with Crippen LogP contribution >= 0.6 is 47.2 Å². The standard InChI is InChI=1S/C14H23Cl2N5O2.HI/c1-4-17-14(20-9-12(22)18-5-6-23-3)19-8-10-7-11(15)13(16)21(10)2;/h7H,4-6,8-9H2,1-3H3,(H,18,22)(H2,17,19,20);1H. The third-order valence-corrected chi connectivity index (χ3v) is 3.85. The smallest absolute Gasteiger partial charge is 0.239 e. The fourth-order valence-electron chi connectivity index (χ4n) is 1.76. The van der Waals surface area contributed by atoms with Crippen LogP contribution in [0.15, 0.2) is 11.1 Å². The molecule has 138 valence electrons. The van der Waals surface area contributed by atoms with Crippen molar-refractivity contribution in [1.29, 1.82) is 0 Å². The van der Waals surface area contributed by atoms with Crippen LogP contribution in [0.5, 0.6) is 0 Å². The Morgan fingerprint density at radius 2 is 2.04 bits per heavy atom. The van der Waals surface area contributed by atoms with Crippen LogP contribution in [0.4, 0.5) is 0 Å². The van der Waals surface area contributed by atoms with Gasteiger partial charge >= 0.3 is 0 Å². The molecule has 24 heavy (non-hydrogen) atoms. The van der Waals surface area contributed by atoms with Gasteiger partial charge in [0, 0.05) is 32.9 Å². The number of aromatic nitrogens is 1. The number of carbonyl (C=O) groups is 1. The van der Waals surface area contributed by atoms with Crippen LogP contribution in [0.2, 0.25) is 10.2 Å². The summed E-state index contributed by atoms with van der Waals surface area (Å²) in [7, 11) is 3.41. The second-order valence-electron chi connectivity index (χ2n) is 4.72. The van der Waals surface area contributed by atoms with Crippen LogP contribution < -0.4 is 16.0 Å². The van der Waals surface area contributed by atoms with Crippen molar-refractivity contribution in [1.82, 2.24) is 20.5 Å². The molecule has 1 amide bonds. The number of amides is 1. The van der Waals surface area contributed by atoms with E-state index < -0.39 is 0 Å². The second kappa shape index (κ2) is 12.6. The first-order valence-corrected chi connectivity index (χ1v) is 8.02. The molecule has 0 aliphatic rings. The maximum Gasteiger partial charge on any atom is 0.239 e. The van der Waals surface area contributed by atoms with Crippen LogP contribution in [0.25, 0.3) is 0 Å². The lowest BCUT2D eigenvalue weighted by atomic mass is 10.4. The number of aliphatic imine (C=N–C) groups is 1. The number of hydrogen-bond acceptors (Lipinski definition) is 3. The molecule has 1 aromatic heterocycles. The molecule has 0 atom stereocenters. The first-order chi connectivity index (χ1) is 11.0. The van der Waals surface area contributed by atoms with E-state index in [-0.39, 0.29) is 36.4 Å². The first-order valence-electron chi connectivity index (χ1n) is 7.27. The van der Waals surface area contributed by atoms with E-state index in [9.17, 15) is 4.79 Å². The van der Waals surface area contributed by atoms with Crippen molar-refractivity contribution in [2.75, 3.05) is 33.4 Å². The van der Waals surface area contributed by atoms with E-state index in [2.05, 4.69) is 20.9 Å². The molecule has 0 saturated carbocycles. The Bertz CT molecular complexity index is 552. The molecule has 10 heteroatoms. The van der Waals surface area contributed by atoms with Gasteiger partial charge in [0.05, 0.1) is 24.7 Å². The van der Waals surface area contributed by atoms with Gasteiger partial charge in [0.15, 0.2) is 5.96 Å². The van der Waals surface area contributed by atoms with Crippen molar-refractivity contribution in [3.05, 3.63) is 21.9 Å². The molecule has 0 fully saturated rings. The zero-order valence-electron chi connectivity index (χ0n) is 14.0. The van der Waals surface area contributed by atoms with Crippen molar-refractivity contribution in [3.8, 4) is 0 Å². The minimum Gasteiger partial charge on any atom is -0.383 e. The quantitative estimate of drug-likeness (QED) is 0.224.